The van der Waals surface area contributed by atoms with Gasteiger partial charge in [0.25, 0.3) is 0 Å². The fourth-order valence-corrected chi connectivity index (χ4v) is 1.01. The Morgan fingerprint density at radius 2 is 2.31 bits per heavy atom. The molecule has 0 heterocycles. The van der Waals surface area contributed by atoms with Gasteiger partial charge in [0, 0.05) is 11.8 Å². The Morgan fingerprint density at radius 1 is 1.62 bits per heavy atom. The Labute approximate surface area is 90.2 Å². The number of nitrogens with one attached hydrogen (secondary N) is 1. The maximum atomic E-state index is 12.9. The summed E-state index contributed by atoms with van der Waals surface area (Å²) >= 11 is 0. The number of esters is 1. The van der Waals surface area contributed by atoms with E-state index in [2.05, 4.69) is 10.1 Å². The van der Waals surface area contributed by atoms with Crippen LogP contribution in [0.3, 0.4) is 0 Å². The third-order valence-electron chi connectivity index (χ3n) is 1.81. The maximum Gasteiger partial charge on any atom is 0.325 e. The summed E-state index contributed by atoms with van der Waals surface area (Å²) in [5.74, 6) is -1.44. The van der Waals surface area contributed by atoms with E-state index in [0.29, 0.717) is 0 Å². The first-order chi connectivity index (χ1) is 7.54. The average Bonchev–Trinajstić information content (AvgIpc) is 2.27. The molecule has 1 N–H and O–H groups in total. The van der Waals surface area contributed by atoms with Crippen molar-refractivity contribution in [1.29, 1.82) is 0 Å². The molecule has 0 unspecified atom stereocenters. The highest BCUT2D eigenvalue weighted by Gasteiger charge is 2.14. The van der Waals surface area contributed by atoms with Crippen LogP contribution in [-0.4, -0.2) is 24.5 Å². The van der Waals surface area contributed by atoms with Crippen LogP contribution in [-0.2, 0) is 9.53 Å². The molecular weight excluding hydrogens is 219 g/mol. The molecule has 0 radical (unpaired) electrons. The Hall–Kier alpha value is -2.18. The Balaban J connectivity index is 2.79. The van der Waals surface area contributed by atoms with Gasteiger partial charge in [-0.2, -0.15) is 4.39 Å². The van der Waals surface area contributed by atoms with Crippen LogP contribution in [0.5, 0.6) is 0 Å². The summed E-state index contributed by atoms with van der Waals surface area (Å²) in [4.78, 5) is 20.4. The van der Waals surface area contributed by atoms with Crippen LogP contribution in [0.2, 0.25) is 0 Å². The van der Waals surface area contributed by atoms with Crippen molar-refractivity contribution in [3.63, 3.8) is 0 Å². The van der Waals surface area contributed by atoms with Crippen LogP contribution >= 0.6 is 0 Å². The van der Waals surface area contributed by atoms with E-state index >= 15 is 0 Å². The highest BCUT2D eigenvalue weighted by molar-refractivity contribution is 5.75. The number of nitro groups is 1. The number of anilines is 1. The number of methoxy groups -OCH3 is 1. The second kappa shape index (κ2) is 5.06. The molecule has 0 spiro atoms. The van der Waals surface area contributed by atoms with E-state index in [1.165, 1.54) is 13.2 Å². The van der Waals surface area contributed by atoms with Gasteiger partial charge < -0.3 is 10.1 Å². The molecule has 0 aliphatic heterocycles. The van der Waals surface area contributed by atoms with Gasteiger partial charge in [-0.05, 0) is 12.1 Å². The van der Waals surface area contributed by atoms with Crippen molar-refractivity contribution in [2.24, 2.45) is 0 Å². The molecule has 16 heavy (non-hydrogen) atoms. The molecule has 0 aliphatic carbocycles. The Bertz CT molecular complexity index is 422. The lowest BCUT2D eigenvalue weighted by Crippen LogP contribution is -2.15. The molecule has 0 aromatic heterocycles. The van der Waals surface area contributed by atoms with Gasteiger partial charge in [0.15, 0.2) is 0 Å². The number of rotatable bonds is 4. The fraction of sp³-hybridized carbons (Fsp3) is 0.222. The zero-order valence-corrected chi connectivity index (χ0v) is 8.40. The Morgan fingerprint density at radius 3 is 2.88 bits per heavy atom. The van der Waals surface area contributed by atoms with Crippen LogP contribution in [0.15, 0.2) is 18.2 Å². The van der Waals surface area contributed by atoms with Crippen molar-refractivity contribution in [2.45, 2.75) is 0 Å². The molecule has 0 saturated carbocycles. The molecule has 0 bridgehead atoms. The van der Waals surface area contributed by atoms with Crippen molar-refractivity contribution in [3.05, 3.63) is 34.1 Å². The lowest BCUT2D eigenvalue weighted by Gasteiger charge is -2.04. The van der Waals surface area contributed by atoms with Crippen molar-refractivity contribution < 1.29 is 18.8 Å². The zero-order chi connectivity index (χ0) is 12.1. The van der Waals surface area contributed by atoms with E-state index in [-0.39, 0.29) is 12.2 Å². The van der Waals surface area contributed by atoms with Crippen LogP contribution in [0, 0.1) is 15.9 Å². The van der Waals surface area contributed by atoms with Gasteiger partial charge in [-0.1, -0.05) is 0 Å². The number of hydrogen-bond donors (Lipinski definition) is 1. The summed E-state index contributed by atoms with van der Waals surface area (Å²) in [6.07, 6.45) is 0. The van der Waals surface area contributed by atoms with Gasteiger partial charge in [0.05, 0.1) is 12.0 Å². The normalized spacial score (nSPS) is 9.62. The predicted octanol–water partition coefficient (Wildman–Crippen LogP) is 1.32. The smallest absolute Gasteiger partial charge is 0.325 e. The highest BCUT2D eigenvalue weighted by Crippen LogP contribution is 2.21. The predicted molar refractivity (Wildman–Crippen MR) is 53.6 cm³/mol. The second-order valence-corrected chi connectivity index (χ2v) is 2.85. The van der Waals surface area contributed by atoms with Crippen LogP contribution < -0.4 is 5.32 Å². The standard InChI is InChI=1S/C9H9FN2O4/c1-16-9(13)5-11-6-2-3-7(10)8(4-6)12(14)15/h2-4,11H,5H2,1H3. The number of nitro benzene ring substituents is 1. The lowest BCUT2D eigenvalue weighted by atomic mass is 10.2. The molecule has 1 aromatic carbocycles. The summed E-state index contributed by atoms with van der Waals surface area (Å²) in [5, 5.41) is 13.0. The van der Waals surface area contributed by atoms with Gasteiger partial charge >= 0.3 is 11.7 Å². The SMILES string of the molecule is COC(=O)CNc1ccc(F)c([N+](=O)[O-])c1. The van der Waals surface area contributed by atoms with Crippen LogP contribution in [0.1, 0.15) is 0 Å². The molecule has 0 atom stereocenters. The molecule has 0 saturated heterocycles. The van der Waals surface area contributed by atoms with Crippen molar-refractivity contribution in [1.82, 2.24) is 0 Å². The van der Waals surface area contributed by atoms with Gasteiger partial charge in [-0.3, -0.25) is 14.9 Å². The third kappa shape index (κ3) is 2.91. The summed E-state index contributed by atoms with van der Waals surface area (Å²) in [6, 6.07) is 3.27. The monoisotopic (exact) mass is 228 g/mol. The van der Waals surface area contributed by atoms with E-state index in [1.807, 2.05) is 0 Å². The Kier molecular flexibility index (Phi) is 3.76. The van der Waals surface area contributed by atoms with E-state index in [0.717, 1.165) is 12.1 Å². The largest absolute Gasteiger partial charge is 0.468 e. The number of hydrogen-bond acceptors (Lipinski definition) is 5. The van der Waals surface area contributed by atoms with Crippen molar-refractivity contribution >= 4 is 17.3 Å². The number of carbonyl (C=O) groups is 1. The van der Waals surface area contributed by atoms with Crippen LogP contribution in [0.25, 0.3) is 0 Å². The first-order valence-corrected chi connectivity index (χ1v) is 4.29. The summed E-state index contributed by atoms with van der Waals surface area (Å²) in [7, 11) is 1.22. The molecule has 1 rings (SSSR count). The minimum Gasteiger partial charge on any atom is -0.468 e. The molecular formula is C9H9FN2O4. The lowest BCUT2D eigenvalue weighted by molar-refractivity contribution is -0.387. The average molecular weight is 228 g/mol. The molecule has 0 fully saturated rings. The van der Waals surface area contributed by atoms with E-state index in [4.69, 9.17) is 0 Å². The summed E-state index contributed by atoms with van der Waals surface area (Å²) in [5.41, 5.74) is -0.367. The molecule has 6 nitrogen and oxygen atoms in total. The van der Waals surface area contributed by atoms with Gasteiger partial charge in [0.2, 0.25) is 5.82 Å². The van der Waals surface area contributed by atoms with Crippen LogP contribution in [0.4, 0.5) is 15.8 Å². The minimum absolute atomic E-state index is 0.140. The number of ether oxygens (including phenoxy) is 1. The molecule has 1 aromatic rings. The first kappa shape index (κ1) is 11.9. The highest BCUT2D eigenvalue weighted by atomic mass is 19.1. The van der Waals surface area contributed by atoms with E-state index < -0.39 is 22.4 Å². The number of benzene rings is 1. The van der Waals surface area contributed by atoms with Crippen molar-refractivity contribution in [3.8, 4) is 0 Å². The first-order valence-electron chi connectivity index (χ1n) is 4.29. The fourth-order valence-electron chi connectivity index (χ4n) is 1.01. The van der Waals surface area contributed by atoms with E-state index in [9.17, 15) is 19.3 Å². The van der Waals surface area contributed by atoms with E-state index in [1.54, 1.807) is 0 Å². The topological polar surface area (TPSA) is 81.5 Å². The summed E-state index contributed by atoms with van der Waals surface area (Å²) < 4.78 is 17.3. The molecule has 86 valence electrons. The third-order valence-corrected chi connectivity index (χ3v) is 1.81. The molecule has 7 heteroatoms. The molecule has 0 aliphatic rings. The maximum absolute atomic E-state index is 12.9. The number of carbonyl (C=O) groups excluding carboxylic acids is 1. The zero-order valence-electron chi connectivity index (χ0n) is 8.40. The molecule has 0 amide bonds. The number of halogens is 1. The quantitative estimate of drug-likeness (QED) is 0.477. The van der Waals surface area contributed by atoms with Gasteiger partial charge in [0.1, 0.15) is 6.54 Å². The van der Waals surface area contributed by atoms with Crippen molar-refractivity contribution in [2.75, 3.05) is 19.0 Å². The number of nitrogens with zero attached hydrogens (tertiary/aromatic N) is 1. The minimum atomic E-state index is -0.923. The summed E-state index contributed by atoms with van der Waals surface area (Å²) in [6.45, 7) is -0.140. The second-order valence-electron chi connectivity index (χ2n) is 2.85. The van der Waals surface area contributed by atoms with Gasteiger partial charge in [-0.25, -0.2) is 0 Å². The van der Waals surface area contributed by atoms with Gasteiger partial charge in [-0.15, -0.1) is 0 Å².